The lowest BCUT2D eigenvalue weighted by molar-refractivity contribution is 0.436. The smallest absolute Gasteiger partial charge is 0.166 e. The number of benzene rings is 2. The van der Waals surface area contributed by atoms with Gasteiger partial charge < -0.3 is 10.5 Å². The summed E-state index contributed by atoms with van der Waals surface area (Å²) in [5.74, 6) is -2.92. The Morgan fingerprint density at radius 2 is 1.67 bits per heavy atom. The molecule has 0 atom stereocenters. The Bertz CT molecular complexity index is 604. The van der Waals surface area contributed by atoms with Gasteiger partial charge in [-0.05, 0) is 18.2 Å². The fraction of sp³-hybridized carbons (Fsp3) is 0. The zero-order valence-corrected chi connectivity index (χ0v) is 10.5. The van der Waals surface area contributed by atoms with E-state index < -0.39 is 17.5 Å². The summed E-state index contributed by atoms with van der Waals surface area (Å²) in [4.78, 5) is 0. The molecule has 0 aliphatic heterocycles. The van der Waals surface area contributed by atoms with Crippen LogP contribution in [0.5, 0.6) is 11.5 Å². The molecule has 0 saturated carbocycles. The first-order valence-corrected chi connectivity index (χ1v) is 5.64. The fourth-order valence-corrected chi connectivity index (χ4v) is 1.66. The summed E-state index contributed by atoms with van der Waals surface area (Å²) in [5.41, 5.74) is 5.00. The molecule has 18 heavy (non-hydrogen) atoms. The first kappa shape index (κ1) is 12.8. The summed E-state index contributed by atoms with van der Waals surface area (Å²) in [6.45, 7) is 0. The zero-order valence-electron chi connectivity index (χ0n) is 8.88. The minimum Gasteiger partial charge on any atom is -0.452 e. The summed E-state index contributed by atoms with van der Waals surface area (Å²) >= 11 is 3.08. The van der Waals surface area contributed by atoms with Gasteiger partial charge in [0.1, 0.15) is 11.5 Å². The molecule has 0 radical (unpaired) electrons. The minimum absolute atomic E-state index is 0.171. The Hall–Kier alpha value is -1.69. The van der Waals surface area contributed by atoms with E-state index in [9.17, 15) is 13.2 Å². The third kappa shape index (κ3) is 2.59. The van der Waals surface area contributed by atoms with Crippen LogP contribution in [0.3, 0.4) is 0 Å². The molecule has 0 heterocycles. The van der Waals surface area contributed by atoms with Crippen LogP contribution in [0.4, 0.5) is 18.9 Å². The largest absolute Gasteiger partial charge is 0.452 e. The van der Waals surface area contributed by atoms with Crippen molar-refractivity contribution in [2.24, 2.45) is 0 Å². The summed E-state index contributed by atoms with van der Waals surface area (Å²) in [5, 5.41) is 0. The van der Waals surface area contributed by atoms with Gasteiger partial charge in [-0.15, -0.1) is 0 Å². The van der Waals surface area contributed by atoms with E-state index in [1.54, 1.807) is 0 Å². The summed E-state index contributed by atoms with van der Waals surface area (Å²) in [6.07, 6.45) is 0. The molecule has 0 saturated heterocycles. The normalized spacial score (nSPS) is 10.4. The molecule has 0 amide bonds. The van der Waals surface area contributed by atoms with Crippen molar-refractivity contribution >= 4 is 21.6 Å². The maximum absolute atomic E-state index is 13.5. The lowest BCUT2D eigenvalue weighted by atomic mass is 10.2. The lowest BCUT2D eigenvalue weighted by Gasteiger charge is -2.10. The van der Waals surface area contributed by atoms with Crippen LogP contribution >= 0.6 is 15.9 Å². The molecule has 2 N–H and O–H groups in total. The lowest BCUT2D eigenvalue weighted by Crippen LogP contribution is -1.98. The van der Waals surface area contributed by atoms with E-state index in [4.69, 9.17) is 10.5 Å². The van der Waals surface area contributed by atoms with Crippen molar-refractivity contribution < 1.29 is 17.9 Å². The van der Waals surface area contributed by atoms with Crippen molar-refractivity contribution in [3.05, 3.63) is 52.3 Å². The molecule has 0 spiro atoms. The van der Waals surface area contributed by atoms with Gasteiger partial charge in [0.25, 0.3) is 0 Å². The van der Waals surface area contributed by atoms with Crippen LogP contribution in [0, 0.1) is 17.5 Å². The second kappa shape index (κ2) is 4.89. The van der Waals surface area contributed by atoms with Gasteiger partial charge in [0.05, 0.1) is 0 Å². The maximum atomic E-state index is 13.5. The van der Waals surface area contributed by atoms with E-state index >= 15 is 0 Å². The number of anilines is 1. The number of nitrogen functional groups attached to an aromatic ring is 1. The predicted octanol–water partition coefficient (Wildman–Crippen LogP) is 4.24. The number of ether oxygens (including phenoxy) is 1. The van der Waals surface area contributed by atoms with Crippen LogP contribution in [-0.4, -0.2) is 0 Å². The monoisotopic (exact) mass is 317 g/mol. The van der Waals surface area contributed by atoms with Crippen molar-refractivity contribution in [1.82, 2.24) is 0 Å². The molecule has 6 heteroatoms. The molecule has 2 rings (SSSR count). The van der Waals surface area contributed by atoms with Crippen molar-refractivity contribution in [3.63, 3.8) is 0 Å². The number of nitrogens with two attached hydrogens (primary N) is 1. The second-order valence-corrected chi connectivity index (χ2v) is 4.39. The molecule has 0 unspecified atom stereocenters. The maximum Gasteiger partial charge on any atom is 0.166 e. The van der Waals surface area contributed by atoms with E-state index in [0.29, 0.717) is 10.5 Å². The van der Waals surface area contributed by atoms with Gasteiger partial charge in [-0.2, -0.15) is 0 Å². The van der Waals surface area contributed by atoms with Crippen LogP contribution in [0.25, 0.3) is 0 Å². The number of hydrogen-bond donors (Lipinski definition) is 1. The Labute approximate surface area is 109 Å². The van der Waals surface area contributed by atoms with Crippen molar-refractivity contribution in [1.29, 1.82) is 0 Å². The van der Waals surface area contributed by atoms with Gasteiger partial charge in [0.2, 0.25) is 0 Å². The van der Waals surface area contributed by atoms with E-state index in [0.717, 1.165) is 6.07 Å². The predicted molar refractivity (Wildman–Crippen MR) is 64.9 cm³/mol. The topological polar surface area (TPSA) is 35.2 Å². The highest BCUT2D eigenvalue weighted by molar-refractivity contribution is 9.10. The quantitative estimate of drug-likeness (QED) is 0.841. The molecule has 0 bridgehead atoms. The van der Waals surface area contributed by atoms with Crippen molar-refractivity contribution in [2.75, 3.05) is 5.73 Å². The van der Waals surface area contributed by atoms with E-state index in [2.05, 4.69) is 15.9 Å². The van der Waals surface area contributed by atoms with Gasteiger partial charge in [-0.1, -0.05) is 15.9 Å². The van der Waals surface area contributed by atoms with Gasteiger partial charge in [0.15, 0.2) is 23.1 Å². The Morgan fingerprint density at radius 1 is 0.944 bits per heavy atom. The molecule has 2 aromatic rings. The van der Waals surface area contributed by atoms with Crippen LogP contribution in [0.1, 0.15) is 0 Å². The van der Waals surface area contributed by atoms with Gasteiger partial charge in [0, 0.05) is 16.6 Å². The van der Waals surface area contributed by atoms with Gasteiger partial charge >= 0.3 is 0 Å². The third-order valence-electron chi connectivity index (χ3n) is 2.17. The van der Waals surface area contributed by atoms with Crippen LogP contribution in [0.2, 0.25) is 0 Å². The average molecular weight is 318 g/mol. The van der Waals surface area contributed by atoms with Crippen LogP contribution in [-0.2, 0) is 0 Å². The third-order valence-corrected chi connectivity index (χ3v) is 2.66. The molecule has 0 fully saturated rings. The number of rotatable bonds is 2. The van der Waals surface area contributed by atoms with E-state index in [1.807, 2.05) is 0 Å². The van der Waals surface area contributed by atoms with E-state index in [1.165, 1.54) is 18.2 Å². The molecule has 0 aliphatic rings. The summed E-state index contributed by atoms with van der Waals surface area (Å²) < 4.78 is 45.2. The minimum atomic E-state index is -0.956. The van der Waals surface area contributed by atoms with Crippen molar-refractivity contribution in [2.45, 2.75) is 0 Å². The first-order valence-electron chi connectivity index (χ1n) is 4.85. The molecular weight excluding hydrogens is 311 g/mol. The Kier molecular flexibility index (Phi) is 3.47. The van der Waals surface area contributed by atoms with Crippen LogP contribution in [0.15, 0.2) is 34.8 Å². The second-order valence-electron chi connectivity index (χ2n) is 3.48. The molecule has 94 valence electrons. The highest BCUT2D eigenvalue weighted by Gasteiger charge is 2.12. The standard InChI is InChI=1S/C12H7BrF3NO/c13-6-1-2-10(8(15)3-6)18-11-5-7(14)4-9(16)12(11)17/h1-5H,17H2. The van der Waals surface area contributed by atoms with E-state index in [-0.39, 0.29) is 17.2 Å². The SMILES string of the molecule is Nc1c(F)cc(F)cc1Oc1ccc(Br)cc1F. The van der Waals surface area contributed by atoms with Crippen LogP contribution < -0.4 is 10.5 Å². The Morgan fingerprint density at radius 3 is 2.33 bits per heavy atom. The molecule has 0 aromatic heterocycles. The first-order chi connectivity index (χ1) is 8.47. The molecule has 0 aliphatic carbocycles. The molecule has 2 nitrogen and oxygen atoms in total. The highest BCUT2D eigenvalue weighted by atomic mass is 79.9. The highest BCUT2D eigenvalue weighted by Crippen LogP contribution is 2.32. The van der Waals surface area contributed by atoms with Crippen molar-refractivity contribution in [3.8, 4) is 11.5 Å². The van der Waals surface area contributed by atoms with Gasteiger partial charge in [-0.3, -0.25) is 0 Å². The summed E-state index contributed by atoms with van der Waals surface area (Å²) in [6, 6.07) is 5.53. The number of hydrogen-bond acceptors (Lipinski definition) is 2. The number of halogens is 4. The Balaban J connectivity index is 2.40. The van der Waals surface area contributed by atoms with Gasteiger partial charge in [-0.25, -0.2) is 13.2 Å². The zero-order chi connectivity index (χ0) is 13.3. The average Bonchev–Trinajstić information content (AvgIpc) is 2.29. The molecular formula is C12H7BrF3NO. The molecule has 2 aromatic carbocycles. The fourth-order valence-electron chi connectivity index (χ4n) is 1.32. The summed E-state index contributed by atoms with van der Waals surface area (Å²) in [7, 11) is 0.